The third-order valence-corrected chi connectivity index (χ3v) is 5.28. The van der Waals surface area contributed by atoms with Crippen LogP contribution in [0.25, 0.3) is 0 Å². The van der Waals surface area contributed by atoms with Gasteiger partial charge in [0.25, 0.3) is 5.91 Å². The molecule has 0 saturated carbocycles. The molecule has 1 heterocycles. The molecule has 1 amide bonds. The fourth-order valence-corrected chi connectivity index (χ4v) is 3.74. The Labute approximate surface area is 151 Å². The summed E-state index contributed by atoms with van der Waals surface area (Å²) in [6, 6.07) is 17.3. The summed E-state index contributed by atoms with van der Waals surface area (Å²) < 4.78 is 0. The lowest BCUT2D eigenvalue weighted by molar-refractivity contribution is 0.0851. The first kappa shape index (κ1) is 17.1. The summed E-state index contributed by atoms with van der Waals surface area (Å²) >= 11 is 7.87. The summed E-state index contributed by atoms with van der Waals surface area (Å²) in [5.41, 5.74) is 1.72. The molecule has 2 aromatic carbocycles. The molecule has 0 aromatic heterocycles. The number of benzene rings is 2. The van der Waals surface area contributed by atoms with Crippen molar-refractivity contribution in [1.82, 2.24) is 4.90 Å². The Morgan fingerprint density at radius 2 is 1.92 bits per heavy atom. The van der Waals surface area contributed by atoms with Crippen molar-refractivity contribution in [2.45, 2.75) is 18.6 Å². The van der Waals surface area contributed by atoms with E-state index in [4.69, 9.17) is 11.6 Å². The first-order valence-corrected chi connectivity index (χ1v) is 9.22. The van der Waals surface area contributed by atoms with Gasteiger partial charge in [-0.05, 0) is 24.1 Å². The second-order valence-electron chi connectivity index (χ2n) is 5.72. The van der Waals surface area contributed by atoms with Crippen LogP contribution in [0.4, 0.5) is 0 Å². The minimum Gasteiger partial charge on any atom is -0.287 e. The van der Waals surface area contributed by atoms with Crippen LogP contribution < -0.4 is 0 Å². The van der Waals surface area contributed by atoms with Gasteiger partial charge in [0.2, 0.25) is 0 Å². The molecule has 0 unspecified atom stereocenters. The Morgan fingerprint density at radius 1 is 1.21 bits per heavy atom. The van der Waals surface area contributed by atoms with E-state index in [2.05, 4.69) is 24.0 Å². The summed E-state index contributed by atoms with van der Waals surface area (Å²) in [4.78, 5) is 19.3. The van der Waals surface area contributed by atoms with Gasteiger partial charge in [-0.2, -0.15) is 0 Å². The number of rotatable bonds is 4. The Kier molecular flexibility index (Phi) is 5.59. The number of hydrogen-bond acceptors (Lipinski definition) is 3. The Balaban J connectivity index is 1.82. The molecule has 0 fully saturated rings. The van der Waals surface area contributed by atoms with Crippen molar-refractivity contribution in [2.24, 2.45) is 4.99 Å². The topological polar surface area (TPSA) is 32.7 Å². The summed E-state index contributed by atoms with van der Waals surface area (Å²) in [7, 11) is 0. The second-order valence-corrected chi connectivity index (χ2v) is 7.54. The zero-order valence-electron chi connectivity index (χ0n) is 13.5. The highest BCUT2D eigenvalue weighted by molar-refractivity contribution is 8.14. The maximum Gasteiger partial charge on any atom is 0.261 e. The van der Waals surface area contributed by atoms with Crippen LogP contribution in [-0.4, -0.2) is 34.3 Å². The maximum absolute atomic E-state index is 13.0. The number of nitrogens with zero attached hydrogens (tertiary/aromatic N) is 2. The molecule has 3 rings (SSSR count). The lowest BCUT2D eigenvalue weighted by atomic mass is 10.1. The van der Waals surface area contributed by atoms with E-state index in [1.54, 1.807) is 28.8 Å². The fraction of sp³-hybridized carbons (Fsp3) is 0.263. The molecule has 24 heavy (non-hydrogen) atoms. The van der Waals surface area contributed by atoms with Crippen molar-refractivity contribution in [3.63, 3.8) is 0 Å². The number of halogens is 1. The first-order valence-electron chi connectivity index (χ1n) is 7.96. The van der Waals surface area contributed by atoms with Crippen LogP contribution in [0.5, 0.6) is 0 Å². The van der Waals surface area contributed by atoms with Gasteiger partial charge in [-0.15, -0.1) is 0 Å². The molecule has 0 radical (unpaired) electrons. The molecule has 1 aliphatic rings. The molecule has 0 bridgehead atoms. The number of hydrogen-bond donors (Lipinski definition) is 0. The highest BCUT2D eigenvalue weighted by Gasteiger charge is 2.27. The van der Waals surface area contributed by atoms with Crippen molar-refractivity contribution in [1.29, 1.82) is 0 Å². The standard InChI is InChI=1S/C19H19ClN2OS/c1-14-13-21-19(24-14)22(12-11-15-7-3-2-4-8-15)18(23)16-9-5-6-10-17(16)20/h2-10,14H,11-13H2,1H3/t14-/m0/s1. The molecule has 124 valence electrons. The first-order chi connectivity index (χ1) is 11.6. The number of carbonyl (C=O) groups excluding carboxylic acids is 1. The van der Waals surface area contributed by atoms with Crippen LogP contribution in [0, 0.1) is 0 Å². The van der Waals surface area contributed by atoms with E-state index in [1.807, 2.05) is 30.3 Å². The van der Waals surface area contributed by atoms with Gasteiger partial charge in [-0.25, -0.2) is 0 Å². The zero-order chi connectivity index (χ0) is 16.9. The van der Waals surface area contributed by atoms with Gasteiger partial charge in [0.1, 0.15) is 0 Å². The van der Waals surface area contributed by atoms with Crippen LogP contribution in [0.3, 0.4) is 0 Å². The van der Waals surface area contributed by atoms with E-state index in [-0.39, 0.29) is 5.91 Å². The van der Waals surface area contributed by atoms with Crippen LogP contribution in [0.1, 0.15) is 22.8 Å². The van der Waals surface area contributed by atoms with Crippen LogP contribution in [0.2, 0.25) is 5.02 Å². The molecule has 0 aliphatic carbocycles. The van der Waals surface area contributed by atoms with Crippen molar-refractivity contribution < 1.29 is 4.79 Å². The molecular formula is C19H19ClN2OS. The normalized spacial score (nSPS) is 16.8. The van der Waals surface area contributed by atoms with E-state index in [0.29, 0.717) is 22.4 Å². The largest absolute Gasteiger partial charge is 0.287 e. The predicted octanol–water partition coefficient (Wildman–Crippen LogP) is 4.52. The Morgan fingerprint density at radius 3 is 2.58 bits per heavy atom. The van der Waals surface area contributed by atoms with E-state index >= 15 is 0 Å². The highest BCUT2D eigenvalue weighted by atomic mass is 35.5. The van der Waals surface area contributed by atoms with Crippen LogP contribution in [-0.2, 0) is 6.42 Å². The van der Waals surface area contributed by atoms with E-state index in [0.717, 1.165) is 18.1 Å². The van der Waals surface area contributed by atoms with Gasteiger partial charge in [-0.3, -0.25) is 14.7 Å². The molecule has 1 atom stereocenters. The number of aliphatic imine (C=N–C) groups is 1. The van der Waals surface area contributed by atoms with Crippen molar-refractivity contribution in [3.8, 4) is 0 Å². The molecule has 0 spiro atoms. The minimum absolute atomic E-state index is 0.0862. The molecule has 0 N–H and O–H groups in total. The van der Waals surface area contributed by atoms with Crippen LogP contribution in [0.15, 0.2) is 59.6 Å². The monoisotopic (exact) mass is 358 g/mol. The van der Waals surface area contributed by atoms with Crippen LogP contribution >= 0.6 is 23.4 Å². The van der Waals surface area contributed by atoms with Gasteiger partial charge in [0, 0.05) is 11.8 Å². The number of amidine groups is 1. The molecule has 5 heteroatoms. The predicted molar refractivity (Wildman–Crippen MR) is 102 cm³/mol. The molecule has 0 saturated heterocycles. The summed E-state index contributed by atoms with van der Waals surface area (Å²) in [5, 5.41) is 1.67. The number of amides is 1. The average Bonchev–Trinajstić information content (AvgIpc) is 3.02. The van der Waals surface area contributed by atoms with Gasteiger partial charge >= 0.3 is 0 Å². The zero-order valence-corrected chi connectivity index (χ0v) is 15.1. The van der Waals surface area contributed by atoms with Gasteiger partial charge in [0.15, 0.2) is 5.17 Å². The van der Waals surface area contributed by atoms with E-state index in [9.17, 15) is 4.79 Å². The lowest BCUT2D eigenvalue weighted by Gasteiger charge is -2.23. The quantitative estimate of drug-likeness (QED) is 0.805. The second kappa shape index (κ2) is 7.86. The Hall–Kier alpha value is -1.78. The van der Waals surface area contributed by atoms with E-state index in [1.165, 1.54) is 5.56 Å². The fourth-order valence-electron chi connectivity index (χ4n) is 2.56. The Bertz CT molecular complexity index is 748. The average molecular weight is 359 g/mol. The SMILES string of the molecule is C[C@H]1CN=C(N(CCc2ccccc2)C(=O)c2ccccc2Cl)S1. The molecular weight excluding hydrogens is 340 g/mol. The summed E-state index contributed by atoms with van der Waals surface area (Å²) in [5.74, 6) is -0.0862. The lowest BCUT2D eigenvalue weighted by Crippen LogP contribution is -2.36. The molecule has 2 aromatic rings. The van der Waals surface area contributed by atoms with E-state index < -0.39 is 0 Å². The summed E-state index contributed by atoms with van der Waals surface area (Å²) in [6.07, 6.45) is 0.783. The molecule has 3 nitrogen and oxygen atoms in total. The maximum atomic E-state index is 13.0. The third kappa shape index (κ3) is 4.00. The summed E-state index contributed by atoms with van der Waals surface area (Å²) in [6.45, 7) is 3.46. The van der Waals surface area contributed by atoms with Crippen molar-refractivity contribution in [3.05, 3.63) is 70.7 Å². The number of carbonyl (C=O) groups is 1. The molecule has 1 aliphatic heterocycles. The highest BCUT2D eigenvalue weighted by Crippen LogP contribution is 2.26. The van der Waals surface area contributed by atoms with Gasteiger partial charge < -0.3 is 0 Å². The van der Waals surface area contributed by atoms with Crippen molar-refractivity contribution in [2.75, 3.05) is 13.1 Å². The minimum atomic E-state index is -0.0862. The van der Waals surface area contributed by atoms with Gasteiger partial charge in [-0.1, -0.05) is 72.8 Å². The number of thioether (sulfide) groups is 1. The van der Waals surface area contributed by atoms with Gasteiger partial charge in [0.05, 0.1) is 17.1 Å². The smallest absolute Gasteiger partial charge is 0.261 e. The van der Waals surface area contributed by atoms with Crippen molar-refractivity contribution >= 4 is 34.4 Å². The third-order valence-electron chi connectivity index (χ3n) is 3.84.